The number of aryl methyl sites for hydroxylation is 1. The molecule has 3 aromatic rings. The molecule has 0 heterocycles. The van der Waals surface area contributed by atoms with Crippen molar-refractivity contribution < 1.29 is 18.0 Å². The Labute approximate surface area is 239 Å². The van der Waals surface area contributed by atoms with E-state index in [9.17, 15) is 18.0 Å². The molecule has 0 saturated heterocycles. The molecule has 0 aliphatic rings. The van der Waals surface area contributed by atoms with Crippen molar-refractivity contribution in [2.45, 2.75) is 57.9 Å². The molecule has 1 atom stereocenters. The first kappa shape index (κ1) is 30.9. The van der Waals surface area contributed by atoms with E-state index in [0.717, 1.165) is 21.9 Å². The molecule has 3 aromatic carbocycles. The minimum absolute atomic E-state index is 0.0971. The second-order valence-corrected chi connectivity index (χ2v) is 12.1. The molecule has 0 spiro atoms. The maximum absolute atomic E-state index is 14.0. The van der Waals surface area contributed by atoms with Gasteiger partial charge < -0.3 is 10.2 Å². The third-order valence-corrected chi connectivity index (χ3v) is 8.59. The summed E-state index contributed by atoms with van der Waals surface area (Å²) in [5, 5.41) is 2.96. The van der Waals surface area contributed by atoms with Gasteiger partial charge in [-0.1, -0.05) is 88.4 Å². The monoisotopic (exact) mass is 563 g/mol. The Balaban J connectivity index is 1.98. The highest BCUT2D eigenvalue weighted by molar-refractivity contribution is 7.92. The Morgan fingerprint density at radius 2 is 1.43 bits per heavy atom. The molecule has 214 valence electrons. The summed E-state index contributed by atoms with van der Waals surface area (Å²) in [5.41, 5.74) is 2.49. The molecule has 0 bridgehead atoms. The van der Waals surface area contributed by atoms with E-state index in [1.807, 2.05) is 70.2 Å². The van der Waals surface area contributed by atoms with Crippen molar-refractivity contribution in [1.82, 2.24) is 10.2 Å². The van der Waals surface area contributed by atoms with Gasteiger partial charge in [0.25, 0.3) is 10.0 Å². The summed E-state index contributed by atoms with van der Waals surface area (Å²) in [6, 6.07) is 24.3. The minimum Gasteiger partial charge on any atom is -0.354 e. The van der Waals surface area contributed by atoms with Gasteiger partial charge in [-0.2, -0.15) is 0 Å². The number of hydrogen-bond donors (Lipinski definition) is 1. The van der Waals surface area contributed by atoms with Crippen LogP contribution in [0.1, 0.15) is 45.2 Å². The summed E-state index contributed by atoms with van der Waals surface area (Å²) >= 11 is 0. The summed E-state index contributed by atoms with van der Waals surface area (Å²) in [4.78, 5) is 28.9. The van der Waals surface area contributed by atoms with Crippen LogP contribution < -0.4 is 9.62 Å². The standard InChI is InChI=1S/C32H41N3O4S/c1-5-26-17-19-28(20-18-26)35(40(38,39)29-15-11-8-12-16-29)24-31(36)34(22-21-27-13-9-7-10-14-27)30(6-2)32(37)33-23-25(3)4/h7-20,25,30H,5-6,21-24H2,1-4H3,(H,33,37)/t30-/m1/s1. The number of rotatable bonds is 14. The number of sulfonamides is 1. The van der Waals surface area contributed by atoms with Gasteiger partial charge in [0.1, 0.15) is 12.6 Å². The van der Waals surface area contributed by atoms with Gasteiger partial charge in [0.15, 0.2) is 0 Å². The van der Waals surface area contributed by atoms with E-state index in [0.29, 0.717) is 25.1 Å². The van der Waals surface area contributed by atoms with Crippen LogP contribution in [-0.2, 0) is 32.5 Å². The van der Waals surface area contributed by atoms with Gasteiger partial charge in [-0.05, 0) is 60.6 Å². The number of nitrogens with one attached hydrogen (secondary N) is 1. The number of benzene rings is 3. The van der Waals surface area contributed by atoms with Crippen LogP contribution in [0.2, 0.25) is 0 Å². The van der Waals surface area contributed by atoms with Crippen molar-refractivity contribution in [3.63, 3.8) is 0 Å². The summed E-state index contributed by atoms with van der Waals surface area (Å²) in [6.07, 6.45) is 1.75. The predicted molar refractivity (Wildman–Crippen MR) is 161 cm³/mol. The molecular formula is C32H41N3O4S. The van der Waals surface area contributed by atoms with Crippen LogP contribution in [0.3, 0.4) is 0 Å². The van der Waals surface area contributed by atoms with E-state index in [4.69, 9.17) is 0 Å². The molecule has 0 unspecified atom stereocenters. The average molecular weight is 564 g/mol. The summed E-state index contributed by atoms with van der Waals surface area (Å²) in [5.74, 6) is -0.406. The highest BCUT2D eigenvalue weighted by Gasteiger charge is 2.33. The van der Waals surface area contributed by atoms with E-state index in [2.05, 4.69) is 5.32 Å². The van der Waals surface area contributed by atoms with E-state index in [1.165, 1.54) is 17.0 Å². The Hall–Kier alpha value is -3.65. The first-order valence-corrected chi connectivity index (χ1v) is 15.4. The molecule has 0 aromatic heterocycles. The first-order chi connectivity index (χ1) is 19.2. The zero-order valence-electron chi connectivity index (χ0n) is 23.9. The van der Waals surface area contributed by atoms with Gasteiger partial charge >= 0.3 is 0 Å². The zero-order chi connectivity index (χ0) is 29.1. The highest BCUT2D eigenvalue weighted by atomic mass is 32.2. The predicted octanol–water partition coefficient (Wildman–Crippen LogP) is 5.07. The van der Waals surface area contributed by atoms with E-state index in [-0.39, 0.29) is 23.3 Å². The van der Waals surface area contributed by atoms with Crippen LogP contribution in [-0.4, -0.2) is 50.8 Å². The number of amides is 2. The van der Waals surface area contributed by atoms with Crippen LogP contribution in [0.5, 0.6) is 0 Å². The first-order valence-electron chi connectivity index (χ1n) is 13.9. The quantitative estimate of drug-likeness (QED) is 0.297. The lowest BCUT2D eigenvalue weighted by Gasteiger charge is -2.33. The van der Waals surface area contributed by atoms with E-state index in [1.54, 1.807) is 30.3 Å². The second-order valence-electron chi connectivity index (χ2n) is 10.2. The van der Waals surface area contributed by atoms with Crippen molar-refractivity contribution in [1.29, 1.82) is 0 Å². The lowest BCUT2D eigenvalue weighted by atomic mass is 10.1. The fraction of sp³-hybridized carbons (Fsp3) is 0.375. The van der Waals surface area contributed by atoms with E-state index >= 15 is 0 Å². The third-order valence-electron chi connectivity index (χ3n) is 6.80. The Morgan fingerprint density at radius 1 is 0.825 bits per heavy atom. The molecule has 7 nitrogen and oxygen atoms in total. The number of carbonyl (C=O) groups excluding carboxylic acids is 2. The normalized spacial score (nSPS) is 12.1. The summed E-state index contributed by atoms with van der Waals surface area (Å²) < 4.78 is 28.9. The van der Waals surface area contributed by atoms with Crippen LogP contribution in [0.4, 0.5) is 5.69 Å². The van der Waals surface area contributed by atoms with Gasteiger partial charge in [-0.15, -0.1) is 0 Å². The molecule has 40 heavy (non-hydrogen) atoms. The van der Waals surface area contributed by atoms with Gasteiger partial charge in [0.05, 0.1) is 10.6 Å². The molecule has 0 aliphatic heterocycles. The lowest BCUT2D eigenvalue weighted by Crippen LogP contribution is -2.53. The van der Waals surface area contributed by atoms with Crippen molar-refractivity contribution in [3.8, 4) is 0 Å². The Morgan fingerprint density at radius 3 is 1.98 bits per heavy atom. The molecular weight excluding hydrogens is 522 g/mol. The second kappa shape index (κ2) is 14.7. The van der Waals surface area contributed by atoms with Crippen LogP contribution in [0, 0.1) is 5.92 Å². The van der Waals surface area contributed by atoms with Crippen molar-refractivity contribution in [3.05, 3.63) is 96.1 Å². The molecule has 2 amide bonds. The number of nitrogens with zero attached hydrogens (tertiary/aromatic N) is 2. The molecule has 8 heteroatoms. The Bertz CT molecular complexity index is 1330. The van der Waals surface area contributed by atoms with Crippen LogP contribution in [0.25, 0.3) is 0 Å². The summed E-state index contributed by atoms with van der Waals surface area (Å²) in [6.45, 7) is 8.26. The zero-order valence-corrected chi connectivity index (χ0v) is 24.7. The number of anilines is 1. The highest BCUT2D eigenvalue weighted by Crippen LogP contribution is 2.25. The van der Waals surface area contributed by atoms with Gasteiger partial charge in [-0.3, -0.25) is 13.9 Å². The SMILES string of the molecule is CCc1ccc(N(CC(=O)N(CCc2ccccc2)[C@H](CC)C(=O)NCC(C)C)S(=O)(=O)c2ccccc2)cc1. The van der Waals surface area contributed by atoms with Crippen molar-refractivity contribution >= 4 is 27.5 Å². The summed E-state index contributed by atoms with van der Waals surface area (Å²) in [7, 11) is -4.06. The van der Waals surface area contributed by atoms with Crippen molar-refractivity contribution in [2.24, 2.45) is 5.92 Å². The number of hydrogen-bond acceptors (Lipinski definition) is 4. The minimum atomic E-state index is -4.06. The van der Waals surface area contributed by atoms with Crippen molar-refractivity contribution in [2.75, 3.05) is 23.9 Å². The topological polar surface area (TPSA) is 86.8 Å². The van der Waals surface area contributed by atoms with Gasteiger partial charge in [0, 0.05) is 13.1 Å². The molecule has 0 aliphatic carbocycles. The smallest absolute Gasteiger partial charge is 0.264 e. The van der Waals surface area contributed by atoms with Gasteiger partial charge in [-0.25, -0.2) is 8.42 Å². The molecule has 0 radical (unpaired) electrons. The average Bonchev–Trinajstić information content (AvgIpc) is 2.97. The number of carbonyl (C=O) groups is 2. The largest absolute Gasteiger partial charge is 0.354 e. The van der Waals surface area contributed by atoms with E-state index < -0.39 is 28.5 Å². The van der Waals surface area contributed by atoms with Crippen LogP contribution in [0.15, 0.2) is 89.8 Å². The molecule has 0 fully saturated rings. The third kappa shape index (κ3) is 8.18. The maximum atomic E-state index is 14.0. The van der Waals surface area contributed by atoms with Gasteiger partial charge in [0.2, 0.25) is 11.8 Å². The molecule has 3 rings (SSSR count). The fourth-order valence-electron chi connectivity index (χ4n) is 4.46. The van der Waals surface area contributed by atoms with Crippen LogP contribution >= 0.6 is 0 Å². The Kier molecular flexibility index (Phi) is 11.3. The lowest BCUT2D eigenvalue weighted by molar-refractivity contribution is -0.139. The fourth-order valence-corrected chi connectivity index (χ4v) is 5.90. The molecule has 1 N–H and O–H groups in total. The maximum Gasteiger partial charge on any atom is 0.264 e. The molecule has 0 saturated carbocycles.